The summed E-state index contributed by atoms with van der Waals surface area (Å²) in [4.78, 5) is 14.7. The summed E-state index contributed by atoms with van der Waals surface area (Å²) >= 11 is 3.44. The molecule has 1 amide bonds. The second-order valence-electron chi connectivity index (χ2n) is 7.12. The molecule has 0 spiro atoms. The van der Waals surface area contributed by atoms with Gasteiger partial charge in [-0.3, -0.25) is 4.79 Å². The van der Waals surface area contributed by atoms with Crippen LogP contribution in [0.3, 0.4) is 0 Å². The summed E-state index contributed by atoms with van der Waals surface area (Å²) in [7, 11) is 0. The Balaban J connectivity index is 2.02. The Kier molecular flexibility index (Phi) is 5.48. The highest BCUT2D eigenvalue weighted by atomic mass is 79.9. The van der Waals surface area contributed by atoms with E-state index in [2.05, 4.69) is 36.7 Å². The van der Waals surface area contributed by atoms with Crippen molar-refractivity contribution in [1.82, 2.24) is 4.90 Å². The lowest BCUT2D eigenvalue weighted by Crippen LogP contribution is -2.32. The zero-order valence-corrected chi connectivity index (χ0v) is 14.9. The molecule has 0 bridgehead atoms. The maximum Gasteiger partial charge on any atom is 0.253 e. The summed E-state index contributed by atoms with van der Waals surface area (Å²) in [5.74, 6) is 0.900. The molecule has 1 aliphatic rings. The van der Waals surface area contributed by atoms with Crippen LogP contribution in [0.4, 0.5) is 0 Å². The number of likely N-dealkylation sites (tertiary alicyclic amines) is 1. The molecule has 0 aromatic heterocycles. The standard InChI is InChI=1S/C18H26BrNO/c1-18(2,3)16-5-4-11-20(12-10-16)17(21)15-8-6-14(13-19)7-9-15/h6-9,16H,4-5,10-13H2,1-3H3. The molecule has 0 saturated carbocycles. The van der Waals surface area contributed by atoms with E-state index in [1.54, 1.807) is 0 Å². The SMILES string of the molecule is CC(C)(C)C1CCCN(C(=O)c2ccc(CBr)cc2)CC1. The Bertz CT molecular complexity index is 475. The third-order valence-electron chi connectivity index (χ3n) is 4.60. The first kappa shape index (κ1) is 16.5. The zero-order chi connectivity index (χ0) is 15.5. The van der Waals surface area contributed by atoms with E-state index in [0.717, 1.165) is 36.8 Å². The lowest BCUT2D eigenvalue weighted by Gasteiger charge is -2.29. The van der Waals surface area contributed by atoms with Crippen LogP contribution in [0.2, 0.25) is 0 Å². The van der Waals surface area contributed by atoms with Crippen molar-refractivity contribution in [3.63, 3.8) is 0 Å². The van der Waals surface area contributed by atoms with Gasteiger partial charge in [-0.15, -0.1) is 0 Å². The van der Waals surface area contributed by atoms with Crippen LogP contribution in [0.5, 0.6) is 0 Å². The third kappa shape index (κ3) is 4.32. The van der Waals surface area contributed by atoms with Gasteiger partial charge in [0.25, 0.3) is 5.91 Å². The number of halogens is 1. The van der Waals surface area contributed by atoms with Gasteiger partial charge >= 0.3 is 0 Å². The molecule has 1 aromatic rings. The number of hydrogen-bond donors (Lipinski definition) is 0. The smallest absolute Gasteiger partial charge is 0.253 e. The van der Waals surface area contributed by atoms with Crippen LogP contribution in [0.15, 0.2) is 24.3 Å². The maximum atomic E-state index is 12.6. The molecular formula is C18H26BrNO. The van der Waals surface area contributed by atoms with Gasteiger partial charge in [-0.1, -0.05) is 48.8 Å². The van der Waals surface area contributed by atoms with Crippen molar-refractivity contribution >= 4 is 21.8 Å². The van der Waals surface area contributed by atoms with Crippen LogP contribution < -0.4 is 0 Å². The fourth-order valence-electron chi connectivity index (χ4n) is 3.08. The van der Waals surface area contributed by atoms with Crippen LogP contribution in [0.1, 0.15) is 56.0 Å². The summed E-state index contributed by atoms with van der Waals surface area (Å²) in [6.45, 7) is 8.73. The molecule has 1 unspecified atom stereocenters. The molecule has 1 saturated heterocycles. The largest absolute Gasteiger partial charge is 0.339 e. The molecule has 1 aromatic carbocycles. The summed E-state index contributed by atoms with van der Waals surface area (Å²) in [6, 6.07) is 7.95. The molecule has 2 nitrogen and oxygen atoms in total. The number of carbonyl (C=O) groups is 1. The van der Waals surface area contributed by atoms with Crippen molar-refractivity contribution in [2.75, 3.05) is 13.1 Å². The van der Waals surface area contributed by atoms with Gasteiger partial charge in [0.2, 0.25) is 0 Å². The van der Waals surface area contributed by atoms with Crippen molar-refractivity contribution in [2.45, 2.75) is 45.4 Å². The van der Waals surface area contributed by atoms with E-state index < -0.39 is 0 Å². The Morgan fingerprint density at radius 2 is 1.86 bits per heavy atom. The number of benzene rings is 1. The second-order valence-corrected chi connectivity index (χ2v) is 7.68. The number of alkyl halides is 1. The lowest BCUT2D eigenvalue weighted by molar-refractivity contribution is 0.0755. The van der Waals surface area contributed by atoms with Gasteiger partial charge in [-0.2, -0.15) is 0 Å². The third-order valence-corrected chi connectivity index (χ3v) is 5.24. The minimum atomic E-state index is 0.186. The highest BCUT2D eigenvalue weighted by Crippen LogP contribution is 2.34. The van der Waals surface area contributed by atoms with Gasteiger partial charge in [-0.25, -0.2) is 0 Å². The van der Waals surface area contributed by atoms with Gasteiger partial charge in [0.15, 0.2) is 0 Å². The summed E-state index contributed by atoms with van der Waals surface area (Å²) in [6.07, 6.45) is 3.47. The van der Waals surface area contributed by atoms with E-state index in [0.29, 0.717) is 11.3 Å². The van der Waals surface area contributed by atoms with Gasteiger partial charge in [-0.05, 0) is 48.3 Å². The Hall–Kier alpha value is -0.830. The maximum absolute atomic E-state index is 12.6. The van der Waals surface area contributed by atoms with Gasteiger partial charge in [0.1, 0.15) is 0 Å². The first-order chi connectivity index (χ1) is 9.91. The number of amides is 1. The second kappa shape index (κ2) is 6.95. The van der Waals surface area contributed by atoms with E-state index in [1.807, 2.05) is 29.2 Å². The predicted octanol–water partition coefficient (Wildman–Crippen LogP) is 4.87. The number of nitrogens with zero attached hydrogens (tertiary/aromatic N) is 1. The quantitative estimate of drug-likeness (QED) is 0.696. The zero-order valence-electron chi connectivity index (χ0n) is 13.4. The molecule has 2 rings (SSSR count). The summed E-state index contributed by atoms with van der Waals surface area (Å²) in [5.41, 5.74) is 2.36. The highest BCUT2D eigenvalue weighted by molar-refractivity contribution is 9.08. The predicted molar refractivity (Wildman–Crippen MR) is 91.8 cm³/mol. The summed E-state index contributed by atoms with van der Waals surface area (Å²) in [5, 5.41) is 0.832. The van der Waals surface area contributed by atoms with Gasteiger partial charge in [0, 0.05) is 24.0 Å². The number of rotatable bonds is 2. The first-order valence-corrected chi connectivity index (χ1v) is 8.98. The topological polar surface area (TPSA) is 20.3 Å². The minimum absolute atomic E-state index is 0.186. The van der Waals surface area contributed by atoms with E-state index in [9.17, 15) is 4.79 Å². The average molecular weight is 352 g/mol. The van der Waals surface area contributed by atoms with Crippen molar-refractivity contribution in [2.24, 2.45) is 11.3 Å². The molecule has 3 heteroatoms. The molecule has 0 N–H and O–H groups in total. The minimum Gasteiger partial charge on any atom is -0.339 e. The van der Waals surface area contributed by atoms with Crippen LogP contribution in [-0.4, -0.2) is 23.9 Å². The molecule has 0 radical (unpaired) electrons. The normalized spacial score (nSPS) is 20.2. The van der Waals surface area contributed by atoms with Gasteiger partial charge in [0.05, 0.1) is 0 Å². The highest BCUT2D eigenvalue weighted by Gasteiger charge is 2.28. The number of hydrogen-bond acceptors (Lipinski definition) is 1. The van der Waals surface area contributed by atoms with E-state index in [4.69, 9.17) is 0 Å². The lowest BCUT2D eigenvalue weighted by atomic mass is 9.77. The van der Waals surface area contributed by atoms with Crippen LogP contribution >= 0.6 is 15.9 Å². The molecule has 21 heavy (non-hydrogen) atoms. The fraction of sp³-hybridized carbons (Fsp3) is 0.611. The van der Waals surface area contributed by atoms with Crippen molar-refractivity contribution in [1.29, 1.82) is 0 Å². The molecule has 0 aliphatic carbocycles. The Morgan fingerprint density at radius 3 is 2.43 bits per heavy atom. The first-order valence-electron chi connectivity index (χ1n) is 7.86. The van der Waals surface area contributed by atoms with Crippen molar-refractivity contribution in [3.8, 4) is 0 Å². The Morgan fingerprint density at radius 1 is 1.19 bits per heavy atom. The van der Waals surface area contributed by atoms with Crippen LogP contribution in [0.25, 0.3) is 0 Å². The monoisotopic (exact) mass is 351 g/mol. The van der Waals surface area contributed by atoms with Crippen molar-refractivity contribution < 1.29 is 4.79 Å². The molecule has 1 aliphatic heterocycles. The molecule has 1 heterocycles. The van der Waals surface area contributed by atoms with E-state index in [1.165, 1.54) is 12.0 Å². The molecular weight excluding hydrogens is 326 g/mol. The molecule has 1 atom stereocenters. The fourth-order valence-corrected chi connectivity index (χ4v) is 3.46. The Labute approximate surface area is 137 Å². The van der Waals surface area contributed by atoms with Crippen LogP contribution in [-0.2, 0) is 5.33 Å². The van der Waals surface area contributed by atoms with Gasteiger partial charge < -0.3 is 4.90 Å². The van der Waals surface area contributed by atoms with E-state index >= 15 is 0 Å². The number of carbonyl (C=O) groups excluding carboxylic acids is 1. The van der Waals surface area contributed by atoms with E-state index in [-0.39, 0.29) is 5.91 Å². The van der Waals surface area contributed by atoms with Crippen molar-refractivity contribution in [3.05, 3.63) is 35.4 Å². The molecule has 116 valence electrons. The molecule has 1 fully saturated rings. The average Bonchev–Trinajstić information content (AvgIpc) is 2.72. The van der Waals surface area contributed by atoms with Crippen LogP contribution in [0, 0.1) is 11.3 Å². The summed E-state index contributed by atoms with van der Waals surface area (Å²) < 4.78 is 0.